The zero-order chi connectivity index (χ0) is 18.2. The first-order valence-electron chi connectivity index (χ1n) is 8.96. The number of hydrogen-bond donors (Lipinski definition) is 0. The summed E-state index contributed by atoms with van der Waals surface area (Å²) >= 11 is 0. The van der Waals surface area contributed by atoms with Crippen LogP contribution in [0.4, 0.5) is 0 Å². The van der Waals surface area contributed by atoms with Gasteiger partial charge in [-0.15, -0.1) is 0 Å². The smallest absolute Gasteiger partial charge is 0.254 e. The lowest BCUT2D eigenvalue weighted by molar-refractivity contribution is 0.0779. The molecule has 7 heteroatoms. The molecule has 0 atom stereocenters. The molecule has 7 nitrogen and oxygen atoms in total. The molecular weight excluding hydrogens is 344 g/mol. The van der Waals surface area contributed by atoms with Gasteiger partial charge in [-0.1, -0.05) is 18.2 Å². The van der Waals surface area contributed by atoms with Crippen molar-refractivity contribution in [3.63, 3.8) is 0 Å². The van der Waals surface area contributed by atoms with Crippen molar-refractivity contribution < 1.29 is 14.3 Å². The molecule has 0 saturated carbocycles. The summed E-state index contributed by atoms with van der Waals surface area (Å²) in [5.74, 6) is 2.34. The Morgan fingerprint density at radius 1 is 1.04 bits per heavy atom. The normalized spacial score (nSPS) is 15.1. The maximum Gasteiger partial charge on any atom is 0.254 e. The van der Waals surface area contributed by atoms with Gasteiger partial charge in [-0.2, -0.15) is 5.10 Å². The zero-order valence-electron chi connectivity index (χ0n) is 14.7. The molecule has 136 valence electrons. The van der Waals surface area contributed by atoms with Crippen LogP contribution in [0.2, 0.25) is 0 Å². The second-order valence-corrected chi connectivity index (χ2v) is 6.55. The Bertz CT molecular complexity index is 1010. The highest BCUT2D eigenvalue weighted by Gasteiger charge is 2.26. The highest BCUT2D eigenvalue weighted by atomic mass is 16.6. The summed E-state index contributed by atoms with van der Waals surface area (Å²) in [7, 11) is 0. The fourth-order valence-corrected chi connectivity index (χ4v) is 3.55. The molecule has 2 aliphatic rings. The fourth-order valence-electron chi connectivity index (χ4n) is 3.55. The summed E-state index contributed by atoms with van der Waals surface area (Å²) in [6.45, 7) is 2.34. The molecule has 27 heavy (non-hydrogen) atoms. The molecule has 0 N–H and O–H groups in total. The number of carbonyl (C=O) groups is 1. The predicted octanol–water partition coefficient (Wildman–Crippen LogP) is 2.24. The molecule has 0 saturated heterocycles. The number of nitrogens with zero attached hydrogens (tertiary/aromatic N) is 4. The number of ether oxygens (including phenoxy) is 2. The number of hydrogen-bond acceptors (Lipinski definition) is 5. The van der Waals surface area contributed by atoms with Crippen LogP contribution < -0.4 is 9.47 Å². The van der Waals surface area contributed by atoms with Crippen LogP contribution in [0.15, 0.2) is 48.8 Å². The number of carbonyl (C=O) groups excluding carboxylic acids is 1. The number of fused-ring (bicyclic) bond motifs is 2. The Morgan fingerprint density at radius 3 is 2.78 bits per heavy atom. The van der Waals surface area contributed by atoms with Crippen molar-refractivity contribution in [3.8, 4) is 17.2 Å². The second-order valence-electron chi connectivity index (χ2n) is 6.55. The largest absolute Gasteiger partial charge is 0.486 e. The highest BCUT2D eigenvalue weighted by Crippen LogP contribution is 2.32. The van der Waals surface area contributed by atoms with Gasteiger partial charge in [-0.25, -0.2) is 9.67 Å². The highest BCUT2D eigenvalue weighted by molar-refractivity contribution is 5.98. The third-order valence-electron chi connectivity index (χ3n) is 4.89. The van der Waals surface area contributed by atoms with Crippen LogP contribution in [-0.4, -0.2) is 45.3 Å². The molecule has 2 aromatic carbocycles. The molecule has 3 heterocycles. The van der Waals surface area contributed by atoms with Crippen molar-refractivity contribution in [2.75, 3.05) is 19.8 Å². The van der Waals surface area contributed by atoms with E-state index in [1.54, 1.807) is 4.68 Å². The third kappa shape index (κ3) is 2.81. The second kappa shape index (κ2) is 6.42. The predicted molar refractivity (Wildman–Crippen MR) is 97.2 cm³/mol. The molecule has 0 spiro atoms. The summed E-state index contributed by atoms with van der Waals surface area (Å²) in [6.07, 6.45) is 2.15. The first-order valence-corrected chi connectivity index (χ1v) is 8.96. The monoisotopic (exact) mass is 362 g/mol. The van der Waals surface area contributed by atoms with E-state index in [9.17, 15) is 4.79 Å². The van der Waals surface area contributed by atoms with Crippen LogP contribution >= 0.6 is 0 Å². The zero-order valence-corrected chi connectivity index (χ0v) is 14.7. The summed E-state index contributed by atoms with van der Waals surface area (Å²) in [5, 5.41) is 4.34. The van der Waals surface area contributed by atoms with Crippen LogP contribution in [0.3, 0.4) is 0 Å². The van der Waals surface area contributed by atoms with Crippen LogP contribution in [0.25, 0.3) is 5.69 Å². The minimum absolute atomic E-state index is 0.0796. The standard InChI is InChI=1S/C20H18N4O3/c25-20-16-4-2-1-3-14(16)12-23(20)8-7-19-21-13-22-24(19)15-5-6-17-18(11-15)27-10-9-26-17/h1-6,11,13H,7-10,12H2. The molecule has 2 aliphatic heterocycles. The van der Waals surface area contributed by atoms with Gasteiger partial charge in [-0.05, 0) is 23.8 Å². The molecule has 0 aliphatic carbocycles. The first-order chi connectivity index (χ1) is 13.3. The Morgan fingerprint density at radius 2 is 1.89 bits per heavy atom. The molecular formula is C20H18N4O3. The van der Waals surface area contributed by atoms with Crippen LogP contribution in [0.1, 0.15) is 21.7 Å². The van der Waals surface area contributed by atoms with Crippen molar-refractivity contribution in [1.29, 1.82) is 0 Å². The Hall–Kier alpha value is -3.35. The lowest BCUT2D eigenvalue weighted by Gasteiger charge is -2.19. The van der Waals surface area contributed by atoms with Crippen molar-refractivity contribution in [1.82, 2.24) is 19.7 Å². The van der Waals surface area contributed by atoms with Crippen molar-refractivity contribution >= 4 is 5.91 Å². The van der Waals surface area contributed by atoms with Crippen LogP contribution in [0, 0.1) is 0 Å². The van der Waals surface area contributed by atoms with E-state index in [-0.39, 0.29) is 5.91 Å². The van der Waals surface area contributed by atoms with Crippen molar-refractivity contribution in [2.24, 2.45) is 0 Å². The van der Waals surface area contributed by atoms with Gasteiger partial charge in [0, 0.05) is 31.1 Å². The van der Waals surface area contributed by atoms with E-state index in [1.807, 2.05) is 47.4 Å². The van der Waals surface area contributed by atoms with Gasteiger partial charge < -0.3 is 14.4 Å². The number of aromatic nitrogens is 3. The van der Waals surface area contributed by atoms with E-state index < -0.39 is 0 Å². The lowest BCUT2D eigenvalue weighted by atomic mass is 10.1. The van der Waals surface area contributed by atoms with Gasteiger partial charge in [0.25, 0.3) is 5.91 Å². The topological polar surface area (TPSA) is 69.5 Å². The first kappa shape index (κ1) is 15.9. The average molecular weight is 362 g/mol. The maximum absolute atomic E-state index is 12.5. The molecule has 0 fully saturated rings. The van der Waals surface area contributed by atoms with Gasteiger partial charge in [0.15, 0.2) is 11.5 Å². The number of amides is 1. The lowest BCUT2D eigenvalue weighted by Crippen LogP contribution is -2.27. The maximum atomic E-state index is 12.5. The van der Waals surface area contributed by atoms with Gasteiger partial charge in [-0.3, -0.25) is 4.79 Å². The van der Waals surface area contributed by atoms with Gasteiger partial charge in [0.1, 0.15) is 25.4 Å². The Balaban J connectivity index is 1.34. The molecule has 0 radical (unpaired) electrons. The molecule has 3 aromatic rings. The molecule has 0 bridgehead atoms. The quantitative estimate of drug-likeness (QED) is 0.712. The van der Waals surface area contributed by atoms with E-state index in [4.69, 9.17) is 9.47 Å². The van der Waals surface area contributed by atoms with E-state index in [0.29, 0.717) is 38.5 Å². The van der Waals surface area contributed by atoms with Crippen molar-refractivity contribution in [2.45, 2.75) is 13.0 Å². The van der Waals surface area contributed by atoms with Gasteiger partial charge >= 0.3 is 0 Å². The SMILES string of the molecule is O=C1c2ccccc2CN1CCc1ncnn1-c1ccc2c(c1)OCCO2. The number of benzene rings is 2. The van der Waals surface area contributed by atoms with E-state index in [2.05, 4.69) is 10.1 Å². The molecule has 5 rings (SSSR count). The molecule has 0 unspecified atom stereocenters. The van der Waals surface area contributed by atoms with Crippen molar-refractivity contribution in [3.05, 3.63) is 65.7 Å². The summed E-state index contributed by atoms with van der Waals surface area (Å²) in [4.78, 5) is 18.8. The fraction of sp³-hybridized carbons (Fsp3) is 0.250. The van der Waals surface area contributed by atoms with Crippen LogP contribution in [-0.2, 0) is 13.0 Å². The van der Waals surface area contributed by atoms with E-state index >= 15 is 0 Å². The van der Waals surface area contributed by atoms with E-state index in [0.717, 1.165) is 28.4 Å². The van der Waals surface area contributed by atoms with Gasteiger partial charge in [0.05, 0.1) is 5.69 Å². The minimum atomic E-state index is 0.0796. The molecule has 1 amide bonds. The minimum Gasteiger partial charge on any atom is -0.486 e. The van der Waals surface area contributed by atoms with E-state index in [1.165, 1.54) is 6.33 Å². The molecule has 1 aromatic heterocycles. The Labute approximate surface area is 156 Å². The summed E-state index contributed by atoms with van der Waals surface area (Å²) in [6, 6.07) is 13.5. The Kier molecular flexibility index (Phi) is 3.78. The average Bonchev–Trinajstić information content (AvgIpc) is 3.31. The van der Waals surface area contributed by atoms with Gasteiger partial charge in [0.2, 0.25) is 0 Å². The third-order valence-corrected chi connectivity index (χ3v) is 4.89. The summed E-state index contributed by atoms with van der Waals surface area (Å²) < 4.78 is 13.0. The summed E-state index contributed by atoms with van der Waals surface area (Å²) in [5.41, 5.74) is 2.74. The van der Waals surface area contributed by atoms with Crippen LogP contribution in [0.5, 0.6) is 11.5 Å². The number of rotatable bonds is 4.